The van der Waals surface area contributed by atoms with Gasteiger partial charge in [0.2, 0.25) is 10.8 Å². The third-order valence-electron chi connectivity index (χ3n) is 5.17. The number of thiophene rings is 1. The lowest BCUT2D eigenvalue weighted by molar-refractivity contribution is -0.936. The summed E-state index contributed by atoms with van der Waals surface area (Å²) < 4.78 is 1.60. The van der Waals surface area contributed by atoms with Gasteiger partial charge in [0.1, 0.15) is 10.7 Å². The highest BCUT2D eigenvalue weighted by molar-refractivity contribution is 7.17. The largest absolute Gasteiger partial charge is 0.492 e. The first-order valence-corrected chi connectivity index (χ1v) is 10.6. The number of aryl methyl sites for hydroxylation is 2. The fourth-order valence-electron chi connectivity index (χ4n) is 4.27. The number of piperidine rings is 1. The second-order valence-electron chi connectivity index (χ2n) is 7.56. The Hall–Kier alpha value is -1.44. The fraction of sp³-hybridized carbons (Fsp3) is 0.556. The van der Waals surface area contributed by atoms with Crippen LogP contribution in [0, 0.1) is 25.7 Å². The Morgan fingerprint density at radius 3 is 2.56 bits per heavy atom. The van der Waals surface area contributed by atoms with Crippen molar-refractivity contribution in [2.75, 3.05) is 13.1 Å². The number of thiazole rings is 1. The molecule has 1 fully saturated rings. The van der Waals surface area contributed by atoms with Crippen molar-refractivity contribution in [1.29, 1.82) is 0 Å². The molecule has 4 heterocycles. The first-order chi connectivity index (χ1) is 11.9. The Morgan fingerprint density at radius 2 is 1.96 bits per heavy atom. The quantitative estimate of drug-likeness (QED) is 0.738. The standard InChI is InChI=1S/C18H24N4OS2/c1-10-7-11(2)9-21(8-10)14(15-12(3)5-6-24-15)16-17(23)22-18(25-16)19-13(4)20-22/h5-6,10-11,14,23H,7-9H2,1-4H3/p+1/t10-,11-,14-/m0/s1. The maximum atomic E-state index is 10.9. The number of hydrogen-bond donors (Lipinski definition) is 2. The van der Waals surface area contributed by atoms with Gasteiger partial charge in [-0.25, -0.2) is 4.98 Å². The Kier molecular flexibility index (Phi) is 4.33. The first-order valence-electron chi connectivity index (χ1n) is 8.87. The molecule has 4 rings (SSSR count). The Balaban J connectivity index is 1.83. The van der Waals surface area contributed by atoms with E-state index >= 15 is 0 Å². The van der Waals surface area contributed by atoms with E-state index in [1.54, 1.807) is 32.1 Å². The molecule has 0 amide bonds. The summed E-state index contributed by atoms with van der Waals surface area (Å²) in [5.74, 6) is 2.36. The number of aromatic nitrogens is 3. The molecule has 3 atom stereocenters. The van der Waals surface area contributed by atoms with Crippen LogP contribution in [0.2, 0.25) is 0 Å². The number of rotatable bonds is 3. The van der Waals surface area contributed by atoms with Crippen LogP contribution < -0.4 is 4.90 Å². The molecule has 25 heavy (non-hydrogen) atoms. The van der Waals surface area contributed by atoms with E-state index in [0.717, 1.165) is 22.9 Å². The average Bonchev–Trinajstić information content (AvgIpc) is 3.18. The molecule has 5 nitrogen and oxygen atoms in total. The second kappa shape index (κ2) is 6.37. The molecule has 134 valence electrons. The van der Waals surface area contributed by atoms with E-state index in [-0.39, 0.29) is 11.9 Å². The highest BCUT2D eigenvalue weighted by Gasteiger charge is 2.38. The SMILES string of the molecule is Cc1nc2sc([C@H](c3sccc3C)[NH+]3C[C@@H](C)C[C@H](C)C3)c(O)n2n1. The molecule has 0 aliphatic carbocycles. The summed E-state index contributed by atoms with van der Waals surface area (Å²) >= 11 is 3.38. The Bertz CT molecular complexity index is 886. The van der Waals surface area contributed by atoms with E-state index < -0.39 is 0 Å². The number of fused-ring (bicyclic) bond motifs is 1. The Labute approximate surface area is 155 Å². The fourth-order valence-corrected chi connectivity index (χ4v) is 6.61. The van der Waals surface area contributed by atoms with Crippen LogP contribution in [-0.2, 0) is 0 Å². The monoisotopic (exact) mass is 377 g/mol. The van der Waals surface area contributed by atoms with E-state index in [1.165, 1.54) is 16.9 Å². The third-order valence-corrected chi connectivity index (χ3v) is 7.33. The van der Waals surface area contributed by atoms with E-state index in [9.17, 15) is 5.11 Å². The summed E-state index contributed by atoms with van der Waals surface area (Å²) in [6.45, 7) is 11.0. The first kappa shape index (κ1) is 17.0. The molecule has 1 aliphatic heterocycles. The highest BCUT2D eigenvalue weighted by Crippen LogP contribution is 2.38. The van der Waals surface area contributed by atoms with Gasteiger partial charge in [-0.2, -0.15) is 4.52 Å². The van der Waals surface area contributed by atoms with Crippen LogP contribution >= 0.6 is 22.7 Å². The summed E-state index contributed by atoms with van der Waals surface area (Å²) in [5, 5.41) is 17.4. The van der Waals surface area contributed by atoms with Crippen LogP contribution in [0.1, 0.15) is 47.5 Å². The van der Waals surface area contributed by atoms with Crippen molar-refractivity contribution >= 4 is 27.6 Å². The maximum Gasteiger partial charge on any atom is 0.235 e. The summed E-state index contributed by atoms with van der Waals surface area (Å²) in [5.41, 5.74) is 1.31. The number of nitrogens with one attached hydrogen (secondary N) is 1. The lowest BCUT2D eigenvalue weighted by Gasteiger charge is -2.36. The van der Waals surface area contributed by atoms with Crippen molar-refractivity contribution < 1.29 is 10.0 Å². The van der Waals surface area contributed by atoms with Crippen LogP contribution in [0.3, 0.4) is 0 Å². The number of nitrogens with zero attached hydrogens (tertiary/aromatic N) is 3. The molecule has 1 saturated heterocycles. The van der Waals surface area contributed by atoms with Crippen molar-refractivity contribution in [3.05, 3.63) is 32.6 Å². The zero-order valence-electron chi connectivity index (χ0n) is 15.1. The molecule has 7 heteroatoms. The summed E-state index contributed by atoms with van der Waals surface area (Å²) in [4.78, 5) is 9.14. The lowest BCUT2D eigenvalue weighted by Crippen LogP contribution is -3.14. The Morgan fingerprint density at radius 1 is 1.24 bits per heavy atom. The molecule has 0 saturated carbocycles. The number of quaternary nitrogens is 1. The normalized spacial score (nSPS) is 25.5. The average molecular weight is 378 g/mol. The van der Waals surface area contributed by atoms with Gasteiger partial charge < -0.3 is 10.0 Å². The third kappa shape index (κ3) is 2.98. The van der Waals surface area contributed by atoms with Crippen molar-refractivity contribution in [2.24, 2.45) is 11.8 Å². The number of aromatic hydroxyl groups is 1. The van der Waals surface area contributed by atoms with Gasteiger partial charge in [-0.15, -0.1) is 16.4 Å². The maximum absolute atomic E-state index is 10.9. The van der Waals surface area contributed by atoms with Gasteiger partial charge in [0.15, 0.2) is 6.04 Å². The minimum atomic E-state index is 0.166. The van der Waals surface area contributed by atoms with E-state index in [4.69, 9.17) is 0 Å². The molecule has 0 radical (unpaired) electrons. The van der Waals surface area contributed by atoms with Gasteiger partial charge in [0.25, 0.3) is 0 Å². The van der Waals surface area contributed by atoms with Crippen LogP contribution in [0.15, 0.2) is 11.4 Å². The minimum Gasteiger partial charge on any atom is -0.492 e. The van der Waals surface area contributed by atoms with Gasteiger partial charge in [-0.05, 0) is 37.3 Å². The van der Waals surface area contributed by atoms with Crippen molar-refractivity contribution in [1.82, 2.24) is 14.6 Å². The molecule has 3 aromatic heterocycles. The van der Waals surface area contributed by atoms with Crippen LogP contribution in [0.4, 0.5) is 0 Å². The van der Waals surface area contributed by atoms with Crippen molar-refractivity contribution in [3.63, 3.8) is 0 Å². The number of likely N-dealkylation sites (tertiary alicyclic amines) is 1. The predicted octanol–water partition coefficient (Wildman–Crippen LogP) is 2.82. The molecule has 3 aromatic rings. The zero-order valence-corrected chi connectivity index (χ0v) is 16.7. The van der Waals surface area contributed by atoms with Gasteiger partial charge >= 0.3 is 0 Å². The van der Waals surface area contributed by atoms with Crippen LogP contribution in [0.5, 0.6) is 5.88 Å². The summed E-state index contributed by atoms with van der Waals surface area (Å²) in [6.07, 6.45) is 1.29. The molecular weight excluding hydrogens is 352 g/mol. The van der Waals surface area contributed by atoms with E-state index in [2.05, 4.69) is 42.3 Å². The molecule has 0 bridgehead atoms. The number of hydrogen-bond acceptors (Lipinski definition) is 5. The molecule has 0 unspecified atom stereocenters. The van der Waals surface area contributed by atoms with Crippen LogP contribution in [-0.4, -0.2) is 32.8 Å². The lowest BCUT2D eigenvalue weighted by atomic mass is 9.90. The summed E-state index contributed by atoms with van der Waals surface area (Å²) in [7, 11) is 0. The zero-order chi connectivity index (χ0) is 17.7. The predicted molar refractivity (Wildman–Crippen MR) is 102 cm³/mol. The van der Waals surface area contributed by atoms with Crippen molar-refractivity contribution in [2.45, 2.75) is 40.2 Å². The highest BCUT2D eigenvalue weighted by atomic mass is 32.1. The van der Waals surface area contributed by atoms with Gasteiger partial charge in [-0.1, -0.05) is 25.2 Å². The smallest absolute Gasteiger partial charge is 0.235 e. The minimum absolute atomic E-state index is 0.166. The summed E-state index contributed by atoms with van der Waals surface area (Å²) in [6, 6.07) is 2.35. The second-order valence-corrected chi connectivity index (χ2v) is 9.51. The van der Waals surface area contributed by atoms with Gasteiger partial charge in [0.05, 0.1) is 18.0 Å². The van der Waals surface area contributed by atoms with E-state index in [0.29, 0.717) is 17.7 Å². The molecule has 2 N–H and O–H groups in total. The van der Waals surface area contributed by atoms with Crippen molar-refractivity contribution in [3.8, 4) is 5.88 Å². The van der Waals surface area contributed by atoms with Gasteiger partial charge in [-0.3, -0.25) is 0 Å². The molecule has 0 aromatic carbocycles. The molecule has 0 spiro atoms. The topological polar surface area (TPSA) is 54.9 Å². The molecule has 1 aliphatic rings. The van der Waals surface area contributed by atoms with Gasteiger partial charge in [0, 0.05) is 11.8 Å². The molecular formula is C18H25N4OS2+. The van der Waals surface area contributed by atoms with E-state index in [1.807, 2.05) is 6.92 Å². The van der Waals surface area contributed by atoms with Crippen LogP contribution in [0.25, 0.3) is 4.96 Å².